The number of benzene rings is 2. The molecule has 0 radical (unpaired) electrons. The third kappa shape index (κ3) is 8.06. The first-order valence-corrected chi connectivity index (χ1v) is 12.3. The molecule has 0 saturated carbocycles. The number of aryl methyl sites for hydroxylation is 1. The number of carbonyl (C=O) groups excluding carboxylic acids is 2. The minimum Gasteiger partial charge on any atom is -0.354 e. The minimum atomic E-state index is -0.544. The van der Waals surface area contributed by atoms with Crippen LogP contribution in [0.15, 0.2) is 47.4 Å². The van der Waals surface area contributed by atoms with Gasteiger partial charge in [0.15, 0.2) is 0 Å². The zero-order valence-corrected chi connectivity index (χ0v) is 20.6. The Hall–Kier alpha value is -1.69. The van der Waals surface area contributed by atoms with Crippen LogP contribution in [0, 0.1) is 6.92 Å². The van der Waals surface area contributed by atoms with Crippen molar-refractivity contribution in [1.29, 1.82) is 0 Å². The first-order chi connectivity index (χ1) is 14.8. The van der Waals surface area contributed by atoms with Crippen LogP contribution in [0.3, 0.4) is 0 Å². The van der Waals surface area contributed by atoms with Crippen LogP contribution in [0.25, 0.3) is 0 Å². The summed E-state index contributed by atoms with van der Waals surface area (Å²) in [5.74, 6) is 0.0437. The number of hydrogen-bond acceptors (Lipinski definition) is 3. The second kappa shape index (κ2) is 13.0. The number of amides is 2. The number of halogens is 2. The van der Waals surface area contributed by atoms with Crippen LogP contribution in [-0.2, 0) is 16.1 Å². The third-order valence-electron chi connectivity index (χ3n) is 4.94. The van der Waals surface area contributed by atoms with Gasteiger partial charge in [0.1, 0.15) is 6.04 Å². The lowest BCUT2D eigenvalue weighted by Gasteiger charge is -2.30. The molecule has 2 amide bonds. The largest absolute Gasteiger partial charge is 0.354 e. The van der Waals surface area contributed by atoms with E-state index in [1.165, 1.54) is 17.3 Å². The molecule has 4 nitrogen and oxygen atoms in total. The molecule has 7 heteroatoms. The number of hydrogen-bond donors (Lipinski definition) is 1. The van der Waals surface area contributed by atoms with Crippen molar-refractivity contribution in [3.8, 4) is 0 Å². The molecule has 0 bridgehead atoms. The van der Waals surface area contributed by atoms with Gasteiger partial charge in [-0.15, -0.1) is 11.8 Å². The van der Waals surface area contributed by atoms with Gasteiger partial charge in [-0.25, -0.2) is 0 Å². The molecule has 0 unspecified atom stereocenters. The number of nitrogens with zero attached hydrogens (tertiary/aromatic N) is 1. The van der Waals surface area contributed by atoms with Gasteiger partial charge in [-0.2, -0.15) is 0 Å². The van der Waals surface area contributed by atoms with E-state index in [-0.39, 0.29) is 17.6 Å². The minimum absolute atomic E-state index is 0.0888. The SMILES string of the molecule is CCCCNC(=O)[C@@H](CC)N(Cc1ccc(Cl)c(Cl)c1)C(=O)CSc1ccc(C)cc1. The van der Waals surface area contributed by atoms with Crippen molar-refractivity contribution < 1.29 is 9.59 Å². The Balaban J connectivity index is 2.19. The van der Waals surface area contributed by atoms with E-state index >= 15 is 0 Å². The van der Waals surface area contributed by atoms with Crippen molar-refractivity contribution in [1.82, 2.24) is 10.2 Å². The van der Waals surface area contributed by atoms with Gasteiger partial charge in [0.2, 0.25) is 11.8 Å². The van der Waals surface area contributed by atoms with E-state index in [9.17, 15) is 9.59 Å². The Morgan fingerprint density at radius 1 is 1.06 bits per heavy atom. The fraction of sp³-hybridized carbons (Fsp3) is 0.417. The number of nitrogens with one attached hydrogen (secondary N) is 1. The van der Waals surface area contributed by atoms with Crippen LogP contribution in [0.5, 0.6) is 0 Å². The number of thioether (sulfide) groups is 1. The summed E-state index contributed by atoms with van der Waals surface area (Å²) in [6, 6.07) is 12.8. The Bertz CT molecular complexity index is 874. The third-order valence-corrected chi connectivity index (χ3v) is 6.67. The molecule has 2 aromatic rings. The summed E-state index contributed by atoms with van der Waals surface area (Å²) >= 11 is 13.7. The Labute approximate surface area is 199 Å². The quantitative estimate of drug-likeness (QED) is 0.311. The monoisotopic (exact) mass is 480 g/mol. The number of carbonyl (C=O) groups is 2. The fourth-order valence-corrected chi connectivity index (χ4v) is 4.23. The second-order valence-corrected chi connectivity index (χ2v) is 9.30. The molecule has 1 atom stereocenters. The van der Waals surface area contributed by atoms with Crippen LogP contribution < -0.4 is 5.32 Å². The Morgan fingerprint density at radius 3 is 2.39 bits per heavy atom. The van der Waals surface area contributed by atoms with E-state index in [1.807, 2.05) is 44.2 Å². The summed E-state index contributed by atoms with van der Waals surface area (Å²) in [6.45, 7) is 6.93. The van der Waals surface area contributed by atoms with E-state index in [0.29, 0.717) is 29.6 Å². The molecule has 0 aromatic heterocycles. The lowest BCUT2D eigenvalue weighted by Crippen LogP contribution is -2.49. The second-order valence-electron chi connectivity index (χ2n) is 7.44. The maximum absolute atomic E-state index is 13.2. The zero-order valence-electron chi connectivity index (χ0n) is 18.3. The van der Waals surface area contributed by atoms with Gasteiger partial charge in [-0.3, -0.25) is 9.59 Å². The summed E-state index contributed by atoms with van der Waals surface area (Å²) in [4.78, 5) is 28.8. The highest BCUT2D eigenvalue weighted by Crippen LogP contribution is 2.25. The molecule has 2 aromatic carbocycles. The molecule has 0 heterocycles. The molecule has 0 saturated heterocycles. The molecule has 0 aliphatic heterocycles. The Kier molecular flexibility index (Phi) is 10.7. The van der Waals surface area contributed by atoms with Crippen LogP contribution in [0.2, 0.25) is 10.0 Å². The molecular weight excluding hydrogens is 451 g/mol. The highest BCUT2D eigenvalue weighted by atomic mass is 35.5. The molecular formula is C24H30Cl2N2O2S. The number of rotatable bonds is 11. The average molecular weight is 481 g/mol. The van der Waals surface area contributed by atoms with Crippen LogP contribution in [0.1, 0.15) is 44.2 Å². The molecule has 0 aliphatic carbocycles. The smallest absolute Gasteiger partial charge is 0.242 e. The molecule has 1 N–H and O–H groups in total. The Morgan fingerprint density at radius 2 is 1.77 bits per heavy atom. The molecule has 31 heavy (non-hydrogen) atoms. The number of unbranched alkanes of at least 4 members (excludes halogenated alkanes) is 1. The zero-order chi connectivity index (χ0) is 22.8. The highest BCUT2D eigenvalue weighted by Gasteiger charge is 2.28. The predicted molar refractivity (Wildman–Crippen MR) is 131 cm³/mol. The molecule has 168 valence electrons. The van der Waals surface area contributed by atoms with Crippen LogP contribution in [0.4, 0.5) is 0 Å². The summed E-state index contributed by atoms with van der Waals surface area (Å²) in [5.41, 5.74) is 2.01. The first-order valence-electron chi connectivity index (χ1n) is 10.6. The first kappa shape index (κ1) is 25.6. The maximum Gasteiger partial charge on any atom is 0.242 e. The van der Waals surface area contributed by atoms with E-state index in [0.717, 1.165) is 23.3 Å². The average Bonchev–Trinajstić information content (AvgIpc) is 2.75. The van der Waals surface area contributed by atoms with Crippen LogP contribution in [-0.4, -0.2) is 35.1 Å². The fourth-order valence-electron chi connectivity index (χ4n) is 3.12. The van der Waals surface area contributed by atoms with E-state index in [4.69, 9.17) is 23.2 Å². The molecule has 0 aliphatic rings. The predicted octanol–water partition coefficient (Wildman–Crippen LogP) is 6.12. The van der Waals surface area contributed by atoms with Crippen LogP contribution >= 0.6 is 35.0 Å². The van der Waals surface area contributed by atoms with Gasteiger partial charge >= 0.3 is 0 Å². The molecule has 0 spiro atoms. The molecule has 2 rings (SSSR count). The van der Waals surface area contributed by atoms with Gasteiger partial charge in [0, 0.05) is 18.0 Å². The van der Waals surface area contributed by atoms with Crippen molar-refractivity contribution in [2.75, 3.05) is 12.3 Å². The summed E-state index contributed by atoms with van der Waals surface area (Å²) in [5, 5.41) is 3.86. The van der Waals surface area contributed by atoms with Gasteiger partial charge in [-0.1, -0.05) is 67.2 Å². The maximum atomic E-state index is 13.2. The van der Waals surface area contributed by atoms with E-state index < -0.39 is 6.04 Å². The lowest BCUT2D eigenvalue weighted by atomic mass is 10.1. The lowest BCUT2D eigenvalue weighted by molar-refractivity contribution is -0.139. The highest BCUT2D eigenvalue weighted by molar-refractivity contribution is 8.00. The van der Waals surface area contributed by atoms with Gasteiger partial charge in [-0.05, 0) is 49.6 Å². The normalized spacial score (nSPS) is 11.8. The van der Waals surface area contributed by atoms with Gasteiger partial charge < -0.3 is 10.2 Å². The van der Waals surface area contributed by atoms with E-state index in [1.54, 1.807) is 17.0 Å². The van der Waals surface area contributed by atoms with Crippen molar-refractivity contribution >= 4 is 46.8 Å². The summed E-state index contributed by atoms with van der Waals surface area (Å²) in [6.07, 6.45) is 2.43. The van der Waals surface area contributed by atoms with Gasteiger partial charge in [0.05, 0.1) is 15.8 Å². The van der Waals surface area contributed by atoms with Crippen molar-refractivity contribution in [3.05, 3.63) is 63.6 Å². The van der Waals surface area contributed by atoms with Gasteiger partial charge in [0.25, 0.3) is 0 Å². The van der Waals surface area contributed by atoms with Crippen molar-refractivity contribution in [2.45, 2.75) is 57.5 Å². The van der Waals surface area contributed by atoms with Crippen molar-refractivity contribution in [3.63, 3.8) is 0 Å². The topological polar surface area (TPSA) is 49.4 Å². The summed E-state index contributed by atoms with van der Waals surface area (Å²) < 4.78 is 0. The van der Waals surface area contributed by atoms with E-state index in [2.05, 4.69) is 12.2 Å². The summed E-state index contributed by atoms with van der Waals surface area (Å²) in [7, 11) is 0. The van der Waals surface area contributed by atoms with Crippen molar-refractivity contribution in [2.24, 2.45) is 0 Å². The standard InChI is InChI=1S/C24H30Cl2N2O2S/c1-4-6-13-27-24(30)22(5-2)28(15-18-9-12-20(25)21(26)14-18)23(29)16-31-19-10-7-17(3)8-11-19/h7-12,14,22H,4-6,13,15-16H2,1-3H3,(H,27,30)/t22-/m1/s1. The molecule has 0 fully saturated rings.